The van der Waals surface area contributed by atoms with E-state index in [0.29, 0.717) is 41.0 Å². The highest BCUT2D eigenvalue weighted by Crippen LogP contribution is 2.33. The highest BCUT2D eigenvalue weighted by atomic mass is 16.5. The van der Waals surface area contributed by atoms with Gasteiger partial charge >= 0.3 is 5.97 Å². The van der Waals surface area contributed by atoms with Crippen LogP contribution in [0.3, 0.4) is 0 Å². The first-order valence-corrected chi connectivity index (χ1v) is 24.2. The molecule has 0 aliphatic carbocycles. The van der Waals surface area contributed by atoms with Gasteiger partial charge in [0.15, 0.2) is 0 Å². The number of aromatic nitrogens is 8. The van der Waals surface area contributed by atoms with Gasteiger partial charge in [-0.05, 0) is 70.5 Å². The summed E-state index contributed by atoms with van der Waals surface area (Å²) < 4.78 is 18.4. The topological polar surface area (TPSA) is 358 Å². The van der Waals surface area contributed by atoms with Gasteiger partial charge in [0, 0.05) is 76.0 Å². The van der Waals surface area contributed by atoms with Crippen molar-refractivity contribution in [1.82, 2.24) is 53.8 Å². The van der Waals surface area contributed by atoms with Crippen LogP contribution in [-0.2, 0) is 50.2 Å². The van der Waals surface area contributed by atoms with Crippen LogP contribution in [0, 0.1) is 13.8 Å². The van der Waals surface area contributed by atoms with Gasteiger partial charge in [-0.3, -0.25) is 68.0 Å². The number of methoxy groups -OCH3 is 1. The fraction of sp³-hybridized carbons (Fsp3) is 0.340. The maximum atomic E-state index is 14.0. The number of amides is 8. The third-order valence-electron chi connectivity index (χ3n) is 12.2. The lowest BCUT2D eigenvalue weighted by molar-refractivity contribution is -0.143. The number of nitrogens with one attached hydrogen (secondary N) is 3. The molecule has 4 aromatic heterocycles. The summed E-state index contributed by atoms with van der Waals surface area (Å²) in [6, 6.07) is 7.58. The van der Waals surface area contributed by atoms with Crippen molar-refractivity contribution in [3.05, 3.63) is 94.6 Å². The Bertz CT molecular complexity index is 3400. The zero-order valence-corrected chi connectivity index (χ0v) is 43.0. The van der Waals surface area contributed by atoms with Crippen LogP contribution in [-0.4, -0.2) is 147 Å². The van der Waals surface area contributed by atoms with Crippen molar-refractivity contribution in [2.75, 3.05) is 44.5 Å². The summed E-state index contributed by atoms with van der Waals surface area (Å²) in [5, 5.41) is 26.5. The molecule has 1 atom stereocenters. The molecule has 5 heterocycles. The minimum atomic E-state index is -1.48. The molecule has 0 saturated carbocycles. The van der Waals surface area contributed by atoms with Gasteiger partial charge in [0.25, 0.3) is 23.6 Å². The summed E-state index contributed by atoms with van der Waals surface area (Å²) in [5.74, 6) is -6.12. The summed E-state index contributed by atoms with van der Waals surface area (Å²) in [5.41, 5.74) is 14.6. The van der Waals surface area contributed by atoms with E-state index in [0.717, 1.165) is 17.1 Å². The van der Waals surface area contributed by atoms with Crippen LogP contribution in [0.15, 0.2) is 60.7 Å². The Labute approximate surface area is 438 Å². The van der Waals surface area contributed by atoms with Gasteiger partial charge in [0.05, 0.1) is 42.6 Å². The number of aryl methyl sites for hydroxylation is 4. The van der Waals surface area contributed by atoms with Crippen LogP contribution in [0.1, 0.15) is 86.2 Å². The number of rotatable bonds is 25. The summed E-state index contributed by atoms with van der Waals surface area (Å²) in [4.78, 5) is 126. The van der Waals surface area contributed by atoms with Crippen LogP contribution in [0.4, 0.5) is 11.9 Å². The number of nitrogens with two attached hydrogens (primary N) is 2. The standard InChI is InChI=1S/C50H57N15O12/c1-7-64-34(20-27(3)58-64)46(73)56-49-54-31-22-29(44(51)71)24-36(76-6)42(31)62(49)16-9-10-17-63-43-32(55-50(63)57-47(74)35-21-28(4)59-65(35)8-2)23-30(45(52)72)25-37(43)77-19-11-15-60(5)48(75)33(26-41(69)70)53-38(66)14-18-61-39(67)12-13-40(61)68/h9-10,12-13,20-25,33H,7-8,11,14-19,26H2,1-6H3,(H2,51,71)(H2,52,72)(H,53,66)(H,69,70)(H,54,56,73)(H,55,57,74)/b10-9+/t33-/m0/s1. The molecule has 6 aromatic rings. The van der Waals surface area contributed by atoms with Gasteiger partial charge in [-0.25, -0.2) is 9.97 Å². The van der Waals surface area contributed by atoms with E-state index < -0.39 is 65.7 Å². The van der Waals surface area contributed by atoms with Gasteiger partial charge in [0.2, 0.25) is 35.5 Å². The Balaban J connectivity index is 1.17. The predicted octanol–water partition coefficient (Wildman–Crippen LogP) is 1.90. The van der Waals surface area contributed by atoms with Crippen molar-refractivity contribution >= 4 is 87.2 Å². The number of hydrogen-bond donors (Lipinski definition) is 6. The Morgan fingerprint density at radius 2 is 1.25 bits per heavy atom. The zero-order chi connectivity index (χ0) is 55.8. The first-order chi connectivity index (χ1) is 36.7. The largest absolute Gasteiger partial charge is 0.494 e. The fourth-order valence-electron chi connectivity index (χ4n) is 8.55. The molecule has 8 amide bonds. The molecule has 2 aromatic carbocycles. The van der Waals surface area contributed by atoms with Gasteiger partial charge in [0.1, 0.15) is 40.0 Å². The molecular formula is C50H57N15O12. The number of carbonyl (C=O) groups excluding carboxylic acids is 8. The Hall–Kier alpha value is -9.69. The molecular weight excluding hydrogens is 1000 g/mol. The predicted molar refractivity (Wildman–Crippen MR) is 276 cm³/mol. The first kappa shape index (κ1) is 55.1. The van der Waals surface area contributed by atoms with E-state index in [4.69, 9.17) is 25.9 Å². The van der Waals surface area contributed by atoms with E-state index in [2.05, 4.69) is 31.1 Å². The number of likely N-dealkylation sites (N-methyl/N-ethyl adjacent to an activating group) is 1. The van der Waals surface area contributed by atoms with E-state index in [1.165, 1.54) is 48.0 Å². The Morgan fingerprint density at radius 1 is 0.753 bits per heavy atom. The lowest BCUT2D eigenvalue weighted by Gasteiger charge is -2.24. The monoisotopic (exact) mass is 1060 g/mol. The molecule has 7 rings (SSSR count). The van der Waals surface area contributed by atoms with Crippen molar-refractivity contribution in [1.29, 1.82) is 0 Å². The van der Waals surface area contributed by atoms with Crippen LogP contribution in [0.2, 0.25) is 0 Å². The second kappa shape index (κ2) is 23.7. The number of imidazole rings is 2. The SMILES string of the molecule is CCn1nc(C)cc1C(=O)Nc1nc2cc(C(N)=O)cc(OC)c2n1C/C=C/Cn1c(NC(=O)c2cc(C)nn2CC)nc2cc(C(N)=O)cc(OCCCN(C)C(=O)[C@H](CC(=O)O)NC(=O)CCN3C(=O)C=CC3=O)c21. The molecule has 1 aliphatic rings. The highest BCUT2D eigenvalue weighted by Gasteiger charge is 2.29. The fourth-order valence-corrected chi connectivity index (χ4v) is 8.55. The van der Waals surface area contributed by atoms with E-state index in [1.54, 1.807) is 51.9 Å². The van der Waals surface area contributed by atoms with E-state index >= 15 is 0 Å². The minimum Gasteiger partial charge on any atom is -0.494 e. The van der Waals surface area contributed by atoms with E-state index in [-0.39, 0.29) is 97.1 Å². The maximum Gasteiger partial charge on any atom is 0.305 e. The maximum absolute atomic E-state index is 14.0. The molecule has 27 heteroatoms. The third kappa shape index (κ3) is 12.5. The summed E-state index contributed by atoms with van der Waals surface area (Å²) >= 11 is 0. The molecule has 77 heavy (non-hydrogen) atoms. The molecule has 8 N–H and O–H groups in total. The molecule has 0 radical (unpaired) electrons. The number of nitrogens with zero attached hydrogens (tertiary/aromatic N) is 10. The number of carboxylic acids is 1. The number of carboxylic acid groups (broad SMARTS) is 1. The number of hydrogen-bond acceptors (Lipinski definition) is 15. The average Bonchev–Trinajstić information content (AvgIpc) is 4.24. The van der Waals surface area contributed by atoms with Crippen LogP contribution >= 0.6 is 0 Å². The lowest BCUT2D eigenvalue weighted by Crippen LogP contribution is -2.49. The van der Waals surface area contributed by atoms with E-state index in [1.807, 2.05) is 13.8 Å². The minimum absolute atomic E-state index is 0.00163. The number of anilines is 2. The number of allylic oxidation sites excluding steroid dienone is 2. The van der Waals surface area contributed by atoms with Gasteiger partial charge < -0.3 is 45.4 Å². The number of carbonyl (C=O) groups is 9. The van der Waals surface area contributed by atoms with Crippen molar-refractivity contribution in [3.8, 4) is 11.5 Å². The summed E-state index contributed by atoms with van der Waals surface area (Å²) in [6.45, 7) is 7.70. The number of ether oxygens (including phenoxy) is 2. The zero-order valence-electron chi connectivity index (χ0n) is 43.0. The highest BCUT2D eigenvalue weighted by molar-refractivity contribution is 6.13. The molecule has 0 saturated heterocycles. The number of fused-ring (bicyclic) bond motifs is 2. The van der Waals surface area contributed by atoms with Crippen LogP contribution in [0.5, 0.6) is 11.5 Å². The second-order valence-electron chi connectivity index (χ2n) is 17.7. The van der Waals surface area contributed by atoms with Crippen molar-refractivity contribution < 1.29 is 57.7 Å². The van der Waals surface area contributed by atoms with Gasteiger partial charge in [-0.2, -0.15) is 10.2 Å². The Morgan fingerprint density at radius 3 is 1.71 bits per heavy atom. The second-order valence-corrected chi connectivity index (χ2v) is 17.7. The molecule has 404 valence electrons. The van der Waals surface area contributed by atoms with Crippen LogP contribution in [0.25, 0.3) is 22.1 Å². The Kier molecular flexibility index (Phi) is 16.9. The smallest absolute Gasteiger partial charge is 0.305 e. The van der Waals surface area contributed by atoms with E-state index in [9.17, 15) is 48.3 Å². The van der Waals surface area contributed by atoms with Crippen molar-refractivity contribution in [3.63, 3.8) is 0 Å². The number of benzene rings is 2. The summed E-state index contributed by atoms with van der Waals surface area (Å²) in [6.07, 6.45) is 4.65. The van der Waals surface area contributed by atoms with Crippen molar-refractivity contribution in [2.24, 2.45) is 11.5 Å². The molecule has 0 bridgehead atoms. The number of primary amides is 2. The van der Waals surface area contributed by atoms with Crippen molar-refractivity contribution in [2.45, 2.75) is 79.2 Å². The van der Waals surface area contributed by atoms with Gasteiger partial charge in [-0.15, -0.1) is 0 Å². The molecule has 0 unspecified atom stereocenters. The number of imide groups is 1. The normalized spacial score (nSPS) is 12.7. The molecule has 0 spiro atoms. The third-order valence-corrected chi connectivity index (χ3v) is 12.2. The first-order valence-electron chi connectivity index (χ1n) is 24.2. The summed E-state index contributed by atoms with van der Waals surface area (Å²) in [7, 11) is 2.82. The molecule has 0 fully saturated rings. The molecule has 1 aliphatic heterocycles. The average molecular weight is 1060 g/mol. The number of aliphatic carboxylic acids is 1. The lowest BCUT2D eigenvalue weighted by atomic mass is 10.1. The van der Waals surface area contributed by atoms with Gasteiger partial charge in [-0.1, -0.05) is 12.2 Å². The molecule has 27 nitrogen and oxygen atoms in total. The quantitative estimate of drug-likeness (QED) is 0.0271. The van der Waals surface area contributed by atoms with Crippen LogP contribution < -0.4 is 36.9 Å².